The summed E-state index contributed by atoms with van der Waals surface area (Å²) in [6.45, 7) is 8.45. The topological polar surface area (TPSA) is 63.2 Å². The zero-order valence-electron chi connectivity index (χ0n) is 13.5. The van der Waals surface area contributed by atoms with E-state index in [-0.39, 0.29) is 11.3 Å². The highest BCUT2D eigenvalue weighted by molar-refractivity contribution is 5.92. The number of rotatable bonds is 9. The van der Waals surface area contributed by atoms with Crippen LogP contribution >= 0.6 is 0 Å². The number of pyridine rings is 1. The van der Waals surface area contributed by atoms with Gasteiger partial charge >= 0.3 is 0 Å². The first kappa shape index (κ1) is 17.4. The van der Waals surface area contributed by atoms with Gasteiger partial charge in [-0.15, -0.1) is 0 Å². The number of anilines is 1. The zero-order valence-corrected chi connectivity index (χ0v) is 13.5. The molecule has 5 nitrogen and oxygen atoms in total. The molecule has 21 heavy (non-hydrogen) atoms. The number of aromatic nitrogens is 1. The van der Waals surface area contributed by atoms with Gasteiger partial charge in [0, 0.05) is 26.8 Å². The van der Waals surface area contributed by atoms with Crippen molar-refractivity contribution in [3.63, 3.8) is 0 Å². The molecule has 118 valence electrons. The van der Waals surface area contributed by atoms with Crippen molar-refractivity contribution in [2.45, 2.75) is 33.6 Å². The summed E-state index contributed by atoms with van der Waals surface area (Å²) in [7, 11) is 1.69. The predicted molar refractivity (Wildman–Crippen MR) is 85.6 cm³/mol. The van der Waals surface area contributed by atoms with Gasteiger partial charge in [-0.2, -0.15) is 0 Å². The van der Waals surface area contributed by atoms with Crippen molar-refractivity contribution in [2.75, 3.05) is 32.1 Å². The van der Waals surface area contributed by atoms with Crippen molar-refractivity contribution in [3.8, 4) is 0 Å². The number of methoxy groups -OCH3 is 1. The van der Waals surface area contributed by atoms with Crippen LogP contribution < -0.4 is 10.6 Å². The third kappa shape index (κ3) is 6.58. The minimum Gasteiger partial charge on any atom is -0.385 e. The number of ether oxygens (including phenoxy) is 1. The van der Waals surface area contributed by atoms with Crippen LogP contribution in [0.1, 0.15) is 44.1 Å². The molecule has 0 saturated heterocycles. The van der Waals surface area contributed by atoms with E-state index in [2.05, 4.69) is 36.4 Å². The highest BCUT2D eigenvalue weighted by Gasteiger charge is 2.19. The third-order valence-electron chi connectivity index (χ3n) is 3.25. The molecule has 0 spiro atoms. The number of carbonyl (C=O) groups excluding carboxylic acids is 1. The molecule has 1 heterocycles. The molecule has 5 heteroatoms. The Morgan fingerprint density at radius 3 is 2.81 bits per heavy atom. The lowest BCUT2D eigenvalue weighted by atomic mass is 9.89. The van der Waals surface area contributed by atoms with Crippen LogP contribution in [0.3, 0.4) is 0 Å². The van der Waals surface area contributed by atoms with E-state index < -0.39 is 0 Å². The van der Waals surface area contributed by atoms with E-state index in [4.69, 9.17) is 4.74 Å². The van der Waals surface area contributed by atoms with Crippen molar-refractivity contribution in [1.82, 2.24) is 10.3 Å². The minimum atomic E-state index is -0.138. The van der Waals surface area contributed by atoms with Crippen LogP contribution in [-0.2, 0) is 4.74 Å². The van der Waals surface area contributed by atoms with Gasteiger partial charge < -0.3 is 15.4 Å². The highest BCUT2D eigenvalue weighted by atomic mass is 16.5. The van der Waals surface area contributed by atoms with Gasteiger partial charge in [0.15, 0.2) is 0 Å². The van der Waals surface area contributed by atoms with Crippen molar-refractivity contribution in [1.29, 1.82) is 0 Å². The van der Waals surface area contributed by atoms with Crippen LogP contribution in [0.15, 0.2) is 18.2 Å². The van der Waals surface area contributed by atoms with Crippen molar-refractivity contribution in [2.24, 2.45) is 5.41 Å². The molecule has 0 aromatic carbocycles. The molecule has 0 bridgehead atoms. The van der Waals surface area contributed by atoms with Gasteiger partial charge in [0.25, 0.3) is 5.91 Å². The average molecular weight is 293 g/mol. The summed E-state index contributed by atoms with van der Waals surface area (Å²) in [5, 5.41) is 6.13. The van der Waals surface area contributed by atoms with Crippen molar-refractivity contribution in [3.05, 3.63) is 23.9 Å². The summed E-state index contributed by atoms with van der Waals surface area (Å²) in [5.74, 6) is 0.601. The van der Waals surface area contributed by atoms with E-state index in [1.165, 1.54) is 0 Å². The van der Waals surface area contributed by atoms with E-state index >= 15 is 0 Å². The smallest absolute Gasteiger partial charge is 0.269 e. The average Bonchev–Trinajstić information content (AvgIpc) is 2.49. The lowest BCUT2D eigenvalue weighted by Crippen LogP contribution is -2.35. The number of nitrogens with zero attached hydrogens (tertiary/aromatic N) is 1. The van der Waals surface area contributed by atoms with Gasteiger partial charge in [0.05, 0.1) is 0 Å². The van der Waals surface area contributed by atoms with Crippen molar-refractivity contribution < 1.29 is 9.53 Å². The molecular formula is C16H27N3O2. The number of amides is 1. The lowest BCUT2D eigenvalue weighted by molar-refractivity contribution is 0.0916. The Morgan fingerprint density at radius 2 is 2.14 bits per heavy atom. The van der Waals surface area contributed by atoms with Crippen LogP contribution in [0.25, 0.3) is 0 Å². The van der Waals surface area contributed by atoms with Gasteiger partial charge in [0.2, 0.25) is 0 Å². The Balaban J connectivity index is 2.55. The van der Waals surface area contributed by atoms with Crippen molar-refractivity contribution >= 4 is 11.7 Å². The largest absolute Gasteiger partial charge is 0.385 e. The SMILES string of the molecule is CCCNc1cccc(C(=O)NCC(C)(C)CCOC)n1. The second kappa shape index (κ2) is 8.62. The Hall–Kier alpha value is -1.62. The Labute approximate surface area is 127 Å². The molecule has 0 aliphatic heterocycles. The molecule has 0 aliphatic carbocycles. The second-order valence-corrected chi connectivity index (χ2v) is 5.92. The fraction of sp³-hybridized carbons (Fsp3) is 0.625. The summed E-state index contributed by atoms with van der Waals surface area (Å²) < 4.78 is 5.09. The van der Waals surface area contributed by atoms with Gasteiger partial charge in [0.1, 0.15) is 11.5 Å². The monoisotopic (exact) mass is 293 g/mol. The Bertz CT molecular complexity index is 447. The maximum Gasteiger partial charge on any atom is 0.269 e. The first-order chi connectivity index (χ1) is 9.98. The van der Waals surface area contributed by atoms with E-state index in [1.807, 2.05) is 12.1 Å². The second-order valence-electron chi connectivity index (χ2n) is 5.92. The first-order valence-corrected chi connectivity index (χ1v) is 7.46. The predicted octanol–water partition coefficient (Wildman–Crippen LogP) is 2.70. The summed E-state index contributed by atoms with van der Waals surface area (Å²) in [6.07, 6.45) is 1.92. The number of hydrogen-bond donors (Lipinski definition) is 2. The fourth-order valence-electron chi connectivity index (χ4n) is 1.79. The number of nitrogens with one attached hydrogen (secondary N) is 2. The Morgan fingerprint density at radius 1 is 1.38 bits per heavy atom. The number of hydrogen-bond acceptors (Lipinski definition) is 4. The Kier molecular flexibility index (Phi) is 7.15. The standard InChI is InChI=1S/C16H27N3O2/c1-5-10-17-14-8-6-7-13(19-14)15(20)18-12-16(2,3)9-11-21-4/h6-8H,5,9-12H2,1-4H3,(H,17,19)(H,18,20). The normalized spacial score (nSPS) is 11.2. The van der Waals surface area contributed by atoms with Gasteiger partial charge in [-0.1, -0.05) is 26.8 Å². The van der Waals surface area contributed by atoms with Crippen LogP contribution in [0.2, 0.25) is 0 Å². The highest BCUT2D eigenvalue weighted by Crippen LogP contribution is 2.18. The van der Waals surface area contributed by atoms with Crippen LogP contribution in [0, 0.1) is 5.41 Å². The van der Waals surface area contributed by atoms with Crippen LogP contribution in [-0.4, -0.2) is 37.7 Å². The molecule has 1 aromatic heterocycles. The summed E-state index contributed by atoms with van der Waals surface area (Å²) in [6, 6.07) is 5.44. The van der Waals surface area contributed by atoms with E-state index in [1.54, 1.807) is 13.2 Å². The van der Waals surface area contributed by atoms with E-state index in [0.29, 0.717) is 18.8 Å². The quantitative estimate of drug-likeness (QED) is 0.735. The molecule has 1 rings (SSSR count). The maximum absolute atomic E-state index is 12.2. The molecule has 0 fully saturated rings. The molecule has 1 aromatic rings. The van der Waals surface area contributed by atoms with Crippen LogP contribution in [0.4, 0.5) is 5.82 Å². The molecular weight excluding hydrogens is 266 g/mol. The molecule has 0 atom stereocenters. The minimum absolute atomic E-state index is 0.00371. The van der Waals surface area contributed by atoms with Crippen LogP contribution in [0.5, 0.6) is 0 Å². The maximum atomic E-state index is 12.2. The third-order valence-corrected chi connectivity index (χ3v) is 3.25. The summed E-state index contributed by atoms with van der Waals surface area (Å²) in [4.78, 5) is 16.5. The first-order valence-electron chi connectivity index (χ1n) is 7.46. The number of carbonyl (C=O) groups is 1. The lowest BCUT2D eigenvalue weighted by Gasteiger charge is -2.24. The van der Waals surface area contributed by atoms with Gasteiger partial charge in [-0.3, -0.25) is 4.79 Å². The molecule has 0 saturated carbocycles. The van der Waals surface area contributed by atoms with E-state index in [9.17, 15) is 4.79 Å². The molecule has 0 radical (unpaired) electrons. The summed E-state index contributed by atoms with van der Waals surface area (Å²) in [5.41, 5.74) is 0.447. The molecule has 2 N–H and O–H groups in total. The molecule has 1 amide bonds. The van der Waals surface area contributed by atoms with Gasteiger partial charge in [-0.05, 0) is 30.4 Å². The molecule has 0 aliphatic rings. The van der Waals surface area contributed by atoms with E-state index in [0.717, 1.165) is 25.2 Å². The summed E-state index contributed by atoms with van der Waals surface area (Å²) >= 11 is 0. The fourth-order valence-corrected chi connectivity index (χ4v) is 1.79. The molecule has 0 unspecified atom stereocenters. The van der Waals surface area contributed by atoms with Gasteiger partial charge in [-0.25, -0.2) is 4.98 Å². The zero-order chi connectivity index (χ0) is 15.7.